The van der Waals surface area contributed by atoms with E-state index in [1.807, 2.05) is 0 Å². The number of primary amides is 1. The summed E-state index contributed by atoms with van der Waals surface area (Å²) in [4.78, 5) is 27.6. The lowest BCUT2D eigenvalue weighted by Crippen LogP contribution is -2.15. The van der Waals surface area contributed by atoms with Crippen LogP contribution in [-0.2, 0) is 4.79 Å². The van der Waals surface area contributed by atoms with E-state index < -0.39 is 5.91 Å². The summed E-state index contributed by atoms with van der Waals surface area (Å²) >= 11 is 0. The van der Waals surface area contributed by atoms with Gasteiger partial charge in [0.15, 0.2) is 0 Å². The Bertz CT molecular complexity index is 815. The van der Waals surface area contributed by atoms with Crippen molar-refractivity contribution in [2.24, 2.45) is 23.5 Å². The number of aromatic nitrogens is 1. The fraction of sp³-hybridized carbons (Fsp3) is 0.316. The molecule has 0 saturated heterocycles. The van der Waals surface area contributed by atoms with Crippen LogP contribution in [0.2, 0.25) is 0 Å². The van der Waals surface area contributed by atoms with E-state index >= 15 is 0 Å². The molecule has 1 aromatic carbocycles. The van der Waals surface area contributed by atoms with Gasteiger partial charge in [0.25, 0.3) is 0 Å². The molecule has 0 aliphatic heterocycles. The number of pyridine rings is 1. The maximum absolute atomic E-state index is 12.2. The fourth-order valence-electron chi connectivity index (χ4n) is 3.14. The largest absolute Gasteiger partial charge is 0.439 e. The maximum Gasteiger partial charge on any atom is 0.248 e. The number of carbonyl (C=O) groups is 2. The molecule has 6 nitrogen and oxygen atoms in total. The summed E-state index contributed by atoms with van der Waals surface area (Å²) < 4.78 is 5.61. The van der Waals surface area contributed by atoms with E-state index in [9.17, 15) is 9.59 Å². The Morgan fingerprint density at radius 1 is 1.20 bits per heavy atom. The first kappa shape index (κ1) is 15.6. The van der Waals surface area contributed by atoms with Crippen LogP contribution in [0.25, 0.3) is 0 Å². The molecule has 25 heavy (non-hydrogen) atoms. The SMILES string of the molecule is NC(=O)c1cccc(Oc2ccc(NC(=O)[C@@H]3C[C@H]3C3CC3)cn2)c1. The number of carbonyl (C=O) groups excluding carboxylic acids is 2. The molecule has 0 spiro atoms. The third-order valence-electron chi connectivity index (χ3n) is 4.75. The number of nitrogens with zero attached hydrogens (tertiary/aromatic N) is 1. The van der Waals surface area contributed by atoms with Gasteiger partial charge in [0, 0.05) is 17.5 Å². The van der Waals surface area contributed by atoms with Crippen molar-refractivity contribution in [1.29, 1.82) is 0 Å². The lowest BCUT2D eigenvalue weighted by Gasteiger charge is -2.08. The monoisotopic (exact) mass is 337 g/mol. The Morgan fingerprint density at radius 3 is 2.72 bits per heavy atom. The molecule has 1 aromatic heterocycles. The molecular weight excluding hydrogens is 318 g/mol. The fourth-order valence-corrected chi connectivity index (χ4v) is 3.14. The average Bonchev–Trinajstić information content (AvgIpc) is 3.47. The minimum Gasteiger partial charge on any atom is -0.439 e. The summed E-state index contributed by atoms with van der Waals surface area (Å²) in [6.07, 6.45) is 5.14. The van der Waals surface area contributed by atoms with Gasteiger partial charge in [-0.25, -0.2) is 4.98 Å². The van der Waals surface area contributed by atoms with Crippen LogP contribution in [0, 0.1) is 17.8 Å². The van der Waals surface area contributed by atoms with Crippen molar-refractivity contribution < 1.29 is 14.3 Å². The van der Waals surface area contributed by atoms with Gasteiger partial charge >= 0.3 is 0 Å². The second-order valence-corrected chi connectivity index (χ2v) is 6.71. The molecule has 2 atom stereocenters. The molecular formula is C19H19N3O3. The zero-order valence-electron chi connectivity index (χ0n) is 13.6. The standard InChI is InChI=1S/C19H19N3O3/c20-18(23)12-2-1-3-14(8-12)25-17-7-6-13(10-21-17)22-19(24)16-9-15(16)11-4-5-11/h1-3,6-8,10-11,15-16H,4-5,9H2,(H2,20,23)(H,22,24)/t15-,16+/m0/s1. The van der Waals surface area contributed by atoms with E-state index in [-0.39, 0.29) is 11.8 Å². The zero-order valence-corrected chi connectivity index (χ0v) is 13.6. The highest BCUT2D eigenvalue weighted by atomic mass is 16.5. The molecule has 4 rings (SSSR count). The van der Waals surface area contributed by atoms with Crippen molar-refractivity contribution in [2.75, 3.05) is 5.32 Å². The van der Waals surface area contributed by atoms with Gasteiger partial charge in [-0.15, -0.1) is 0 Å². The van der Waals surface area contributed by atoms with Gasteiger partial charge in [-0.2, -0.15) is 0 Å². The summed E-state index contributed by atoms with van der Waals surface area (Å²) in [5.74, 6) is 1.96. The van der Waals surface area contributed by atoms with Crippen molar-refractivity contribution in [3.05, 3.63) is 48.2 Å². The summed E-state index contributed by atoms with van der Waals surface area (Å²) in [5.41, 5.74) is 6.28. The molecule has 1 heterocycles. The molecule has 2 aliphatic carbocycles. The first-order chi connectivity index (χ1) is 12.1. The molecule has 6 heteroatoms. The van der Waals surface area contributed by atoms with E-state index in [1.54, 1.807) is 42.6 Å². The van der Waals surface area contributed by atoms with Crippen LogP contribution in [0.5, 0.6) is 11.6 Å². The van der Waals surface area contributed by atoms with Gasteiger partial charge in [-0.05, 0) is 55.4 Å². The van der Waals surface area contributed by atoms with Crippen LogP contribution in [-0.4, -0.2) is 16.8 Å². The summed E-state index contributed by atoms with van der Waals surface area (Å²) in [6, 6.07) is 10.0. The number of ether oxygens (including phenoxy) is 1. The molecule has 2 saturated carbocycles. The third kappa shape index (κ3) is 3.63. The highest BCUT2D eigenvalue weighted by Gasteiger charge is 2.51. The lowest BCUT2D eigenvalue weighted by molar-refractivity contribution is -0.117. The first-order valence-electron chi connectivity index (χ1n) is 8.45. The third-order valence-corrected chi connectivity index (χ3v) is 4.75. The number of nitrogens with one attached hydrogen (secondary N) is 1. The van der Waals surface area contributed by atoms with Crippen LogP contribution in [0.15, 0.2) is 42.6 Å². The minimum absolute atomic E-state index is 0.0847. The van der Waals surface area contributed by atoms with Crippen LogP contribution in [0.1, 0.15) is 29.6 Å². The second kappa shape index (κ2) is 6.20. The number of nitrogens with two attached hydrogens (primary N) is 1. The first-order valence-corrected chi connectivity index (χ1v) is 8.45. The quantitative estimate of drug-likeness (QED) is 0.847. The van der Waals surface area contributed by atoms with Gasteiger partial charge in [0.1, 0.15) is 5.75 Å². The average molecular weight is 337 g/mol. The highest BCUT2D eigenvalue weighted by molar-refractivity contribution is 5.94. The topological polar surface area (TPSA) is 94.3 Å². The van der Waals surface area contributed by atoms with E-state index in [4.69, 9.17) is 10.5 Å². The molecule has 0 unspecified atom stereocenters. The molecule has 2 aliphatic rings. The van der Waals surface area contributed by atoms with Crippen LogP contribution in [0.4, 0.5) is 5.69 Å². The molecule has 128 valence electrons. The Hall–Kier alpha value is -2.89. The number of benzene rings is 1. The van der Waals surface area contributed by atoms with E-state index in [0.29, 0.717) is 28.8 Å². The number of hydrogen-bond donors (Lipinski definition) is 2. The van der Waals surface area contributed by atoms with Gasteiger partial charge in [0.05, 0.1) is 11.9 Å². The molecule has 2 amide bonds. The number of hydrogen-bond acceptors (Lipinski definition) is 4. The summed E-state index contributed by atoms with van der Waals surface area (Å²) in [5, 5.41) is 2.91. The van der Waals surface area contributed by atoms with Gasteiger partial charge < -0.3 is 15.8 Å². The number of anilines is 1. The Labute approximate surface area is 145 Å². The highest BCUT2D eigenvalue weighted by Crippen LogP contribution is 2.54. The van der Waals surface area contributed by atoms with Gasteiger partial charge in [-0.1, -0.05) is 6.07 Å². The van der Waals surface area contributed by atoms with Crippen molar-refractivity contribution in [3.8, 4) is 11.6 Å². The van der Waals surface area contributed by atoms with Crippen molar-refractivity contribution >= 4 is 17.5 Å². The van der Waals surface area contributed by atoms with Crippen molar-refractivity contribution in [2.45, 2.75) is 19.3 Å². The van der Waals surface area contributed by atoms with Crippen LogP contribution in [0.3, 0.4) is 0 Å². The minimum atomic E-state index is -0.513. The predicted molar refractivity (Wildman–Crippen MR) is 92.2 cm³/mol. The van der Waals surface area contributed by atoms with E-state index in [2.05, 4.69) is 10.3 Å². The Morgan fingerprint density at radius 2 is 2.04 bits per heavy atom. The number of rotatable bonds is 6. The molecule has 0 radical (unpaired) electrons. The van der Waals surface area contributed by atoms with Crippen LogP contribution < -0.4 is 15.8 Å². The predicted octanol–water partition coefficient (Wildman–Crippen LogP) is 2.96. The van der Waals surface area contributed by atoms with E-state index in [1.165, 1.54) is 12.8 Å². The van der Waals surface area contributed by atoms with Crippen LogP contribution >= 0.6 is 0 Å². The maximum atomic E-state index is 12.2. The van der Waals surface area contributed by atoms with Gasteiger partial charge in [-0.3, -0.25) is 9.59 Å². The Kier molecular flexibility index (Phi) is 3.87. The normalized spacial score (nSPS) is 21.4. The van der Waals surface area contributed by atoms with Crippen molar-refractivity contribution in [3.63, 3.8) is 0 Å². The van der Waals surface area contributed by atoms with E-state index in [0.717, 1.165) is 12.3 Å². The second-order valence-electron chi connectivity index (χ2n) is 6.71. The summed E-state index contributed by atoms with van der Waals surface area (Å²) in [6.45, 7) is 0. The number of amides is 2. The van der Waals surface area contributed by atoms with Crippen molar-refractivity contribution in [1.82, 2.24) is 4.98 Å². The molecule has 3 N–H and O–H groups in total. The lowest BCUT2D eigenvalue weighted by atomic mass is 10.2. The zero-order chi connectivity index (χ0) is 17.4. The van der Waals surface area contributed by atoms with Gasteiger partial charge in [0.2, 0.25) is 17.7 Å². The Balaban J connectivity index is 1.36. The molecule has 0 bridgehead atoms. The molecule has 2 aromatic rings. The summed E-state index contributed by atoms with van der Waals surface area (Å²) in [7, 11) is 0. The molecule has 2 fully saturated rings. The smallest absolute Gasteiger partial charge is 0.248 e.